The van der Waals surface area contributed by atoms with Crippen molar-refractivity contribution >= 4 is 11.7 Å². The Labute approximate surface area is 164 Å². The van der Waals surface area contributed by atoms with Crippen molar-refractivity contribution in [1.82, 2.24) is 19.4 Å². The first-order valence-electron chi connectivity index (χ1n) is 8.94. The Kier molecular flexibility index (Phi) is 4.79. The zero-order chi connectivity index (χ0) is 20.6. The summed E-state index contributed by atoms with van der Waals surface area (Å²) in [4.78, 5) is 22.4. The third kappa shape index (κ3) is 3.97. The van der Waals surface area contributed by atoms with Crippen LogP contribution in [-0.2, 0) is 4.79 Å². The standard InChI is InChI=1S/C18H17F3N6O2/c19-18(20,21)29-14-3-1-2-13(8-14)26-10-16(23-12-26)27-7-6-25-5-4-24(11-22)9-15(25)17(27)28/h1-3,8,10,12,15H,4-7,9H2/t15-/m1/s1. The van der Waals surface area contributed by atoms with Gasteiger partial charge >= 0.3 is 6.36 Å². The monoisotopic (exact) mass is 406 g/mol. The summed E-state index contributed by atoms with van der Waals surface area (Å²) in [5.41, 5.74) is 0.421. The number of halogens is 3. The normalized spacial score (nSPS) is 20.3. The second-order valence-electron chi connectivity index (χ2n) is 6.77. The fourth-order valence-electron chi connectivity index (χ4n) is 3.59. The highest BCUT2D eigenvalue weighted by molar-refractivity contribution is 5.97. The molecule has 0 bridgehead atoms. The van der Waals surface area contributed by atoms with Crippen LogP contribution in [0.15, 0.2) is 36.8 Å². The molecule has 0 saturated carbocycles. The van der Waals surface area contributed by atoms with E-state index in [9.17, 15) is 18.0 Å². The van der Waals surface area contributed by atoms with Gasteiger partial charge in [-0.25, -0.2) is 4.98 Å². The maximum atomic E-state index is 12.9. The molecule has 29 heavy (non-hydrogen) atoms. The van der Waals surface area contributed by atoms with E-state index < -0.39 is 12.4 Å². The lowest BCUT2D eigenvalue weighted by Gasteiger charge is -2.44. The third-order valence-corrected chi connectivity index (χ3v) is 4.99. The first-order chi connectivity index (χ1) is 13.8. The second-order valence-corrected chi connectivity index (χ2v) is 6.77. The van der Waals surface area contributed by atoms with Crippen molar-refractivity contribution in [2.24, 2.45) is 0 Å². The third-order valence-electron chi connectivity index (χ3n) is 4.99. The highest BCUT2D eigenvalue weighted by Gasteiger charge is 2.39. The Balaban J connectivity index is 1.53. The molecule has 0 spiro atoms. The molecule has 152 valence electrons. The fraction of sp³-hybridized carbons (Fsp3) is 0.389. The quantitative estimate of drug-likeness (QED) is 0.721. The number of hydrogen-bond acceptors (Lipinski definition) is 6. The van der Waals surface area contributed by atoms with Gasteiger partial charge in [-0.3, -0.25) is 14.6 Å². The van der Waals surface area contributed by atoms with Gasteiger partial charge in [-0.15, -0.1) is 13.2 Å². The molecule has 0 aliphatic carbocycles. The molecule has 0 N–H and O–H groups in total. The molecule has 11 heteroatoms. The smallest absolute Gasteiger partial charge is 0.406 e. The molecule has 1 atom stereocenters. The van der Waals surface area contributed by atoms with Crippen molar-refractivity contribution in [3.05, 3.63) is 36.8 Å². The summed E-state index contributed by atoms with van der Waals surface area (Å²) >= 11 is 0. The molecule has 0 radical (unpaired) electrons. The number of fused-ring (bicyclic) bond motifs is 1. The molecule has 2 fully saturated rings. The number of rotatable bonds is 3. The lowest BCUT2D eigenvalue weighted by atomic mass is 10.1. The first kappa shape index (κ1) is 19.1. The van der Waals surface area contributed by atoms with E-state index in [4.69, 9.17) is 5.26 Å². The molecule has 2 aliphatic heterocycles. The number of benzene rings is 1. The van der Waals surface area contributed by atoms with Gasteiger partial charge in [0.15, 0.2) is 12.0 Å². The van der Waals surface area contributed by atoms with E-state index in [0.717, 1.165) is 0 Å². The van der Waals surface area contributed by atoms with E-state index in [1.165, 1.54) is 29.1 Å². The number of imidazole rings is 1. The predicted molar refractivity (Wildman–Crippen MR) is 95.1 cm³/mol. The lowest BCUT2D eigenvalue weighted by Crippen LogP contribution is -2.64. The van der Waals surface area contributed by atoms with Crippen molar-refractivity contribution in [1.29, 1.82) is 5.26 Å². The summed E-state index contributed by atoms with van der Waals surface area (Å²) in [6, 6.07) is 5.09. The molecular weight excluding hydrogens is 389 g/mol. The van der Waals surface area contributed by atoms with Gasteiger partial charge in [0.05, 0.1) is 18.4 Å². The van der Waals surface area contributed by atoms with Crippen LogP contribution in [0.25, 0.3) is 5.69 Å². The van der Waals surface area contributed by atoms with E-state index in [0.29, 0.717) is 44.2 Å². The van der Waals surface area contributed by atoms with Crippen LogP contribution in [-0.4, -0.2) is 70.4 Å². The lowest BCUT2D eigenvalue weighted by molar-refractivity contribution is -0.274. The SMILES string of the molecule is N#CN1CCN2CCN(c3cn(-c4cccc(OC(F)(F)F)c4)cn3)C(=O)[C@H]2C1. The Morgan fingerprint density at radius 3 is 2.76 bits per heavy atom. The number of piperazine rings is 2. The van der Waals surface area contributed by atoms with Gasteiger partial charge in [0.2, 0.25) is 5.91 Å². The minimum atomic E-state index is -4.78. The van der Waals surface area contributed by atoms with Crippen LogP contribution in [0.3, 0.4) is 0 Å². The zero-order valence-electron chi connectivity index (χ0n) is 15.2. The van der Waals surface area contributed by atoms with Crippen molar-refractivity contribution in [3.8, 4) is 17.6 Å². The molecule has 1 amide bonds. The highest BCUT2D eigenvalue weighted by Crippen LogP contribution is 2.26. The van der Waals surface area contributed by atoms with Crippen molar-refractivity contribution in [2.45, 2.75) is 12.4 Å². The van der Waals surface area contributed by atoms with Crippen LogP contribution in [0.1, 0.15) is 0 Å². The van der Waals surface area contributed by atoms with Crippen LogP contribution in [0, 0.1) is 11.5 Å². The van der Waals surface area contributed by atoms with E-state index >= 15 is 0 Å². The number of anilines is 1. The topological polar surface area (TPSA) is 77.6 Å². The minimum Gasteiger partial charge on any atom is -0.406 e. The van der Waals surface area contributed by atoms with E-state index in [-0.39, 0.29) is 11.7 Å². The minimum absolute atomic E-state index is 0.143. The van der Waals surface area contributed by atoms with Gasteiger partial charge in [-0.2, -0.15) is 5.26 Å². The molecule has 1 aromatic carbocycles. The van der Waals surface area contributed by atoms with Crippen molar-refractivity contribution in [3.63, 3.8) is 0 Å². The summed E-state index contributed by atoms with van der Waals surface area (Å²) in [7, 11) is 0. The summed E-state index contributed by atoms with van der Waals surface area (Å²) in [5, 5.41) is 9.11. The first-order valence-corrected chi connectivity index (χ1v) is 8.94. The van der Waals surface area contributed by atoms with Gasteiger partial charge in [-0.1, -0.05) is 6.07 Å². The predicted octanol–water partition coefficient (Wildman–Crippen LogP) is 1.58. The summed E-state index contributed by atoms with van der Waals surface area (Å²) in [6.07, 6.45) is 0.331. The molecule has 2 saturated heterocycles. The largest absolute Gasteiger partial charge is 0.573 e. The second kappa shape index (κ2) is 7.29. The Bertz CT molecular complexity index is 954. The number of nitriles is 1. The van der Waals surface area contributed by atoms with Crippen LogP contribution in [0.2, 0.25) is 0 Å². The number of ether oxygens (including phenoxy) is 1. The molecule has 1 aromatic heterocycles. The number of amides is 1. The summed E-state index contributed by atoms with van der Waals surface area (Å²) in [6.45, 7) is 2.71. The number of nitrogens with zero attached hydrogens (tertiary/aromatic N) is 6. The van der Waals surface area contributed by atoms with Crippen LogP contribution < -0.4 is 9.64 Å². The van der Waals surface area contributed by atoms with Crippen LogP contribution >= 0.6 is 0 Å². The van der Waals surface area contributed by atoms with E-state index in [1.54, 1.807) is 22.1 Å². The van der Waals surface area contributed by atoms with E-state index in [2.05, 4.69) is 20.8 Å². The molecule has 0 unspecified atom stereocenters. The fourth-order valence-corrected chi connectivity index (χ4v) is 3.59. The average molecular weight is 406 g/mol. The van der Waals surface area contributed by atoms with Gasteiger partial charge in [0, 0.05) is 32.2 Å². The molecule has 2 aliphatic rings. The van der Waals surface area contributed by atoms with Crippen molar-refractivity contribution in [2.75, 3.05) is 37.6 Å². The Morgan fingerprint density at radius 1 is 1.21 bits per heavy atom. The maximum absolute atomic E-state index is 12.9. The number of carbonyl (C=O) groups is 1. The number of alkyl halides is 3. The van der Waals surface area contributed by atoms with Crippen LogP contribution in [0.4, 0.5) is 19.0 Å². The molecule has 2 aromatic rings. The molecule has 8 nitrogen and oxygen atoms in total. The van der Waals surface area contributed by atoms with Gasteiger partial charge in [-0.05, 0) is 12.1 Å². The number of carbonyl (C=O) groups excluding carboxylic acids is 1. The Hall–Kier alpha value is -3.26. The van der Waals surface area contributed by atoms with Crippen molar-refractivity contribution < 1.29 is 22.7 Å². The maximum Gasteiger partial charge on any atom is 0.573 e. The number of aromatic nitrogens is 2. The molecule has 3 heterocycles. The Morgan fingerprint density at radius 2 is 2.00 bits per heavy atom. The molecular formula is C18H17F3N6O2. The van der Waals surface area contributed by atoms with Gasteiger partial charge in [0.1, 0.15) is 18.1 Å². The highest BCUT2D eigenvalue weighted by atomic mass is 19.4. The zero-order valence-corrected chi connectivity index (χ0v) is 15.2. The van der Waals surface area contributed by atoms with Gasteiger partial charge in [0.25, 0.3) is 0 Å². The summed E-state index contributed by atoms with van der Waals surface area (Å²) < 4.78 is 42.8. The average Bonchev–Trinajstić information content (AvgIpc) is 3.17. The van der Waals surface area contributed by atoms with Crippen LogP contribution in [0.5, 0.6) is 5.75 Å². The molecule has 4 rings (SSSR count). The summed E-state index contributed by atoms with van der Waals surface area (Å²) in [5.74, 6) is -0.0739. The van der Waals surface area contributed by atoms with Gasteiger partial charge < -0.3 is 14.2 Å². The van der Waals surface area contributed by atoms with E-state index in [1.807, 2.05) is 0 Å². The number of hydrogen-bond donors (Lipinski definition) is 0.